The lowest BCUT2D eigenvalue weighted by Gasteiger charge is -2.30. The Morgan fingerprint density at radius 1 is 0.747 bits per heavy atom. The molecule has 0 spiro atoms. The number of carbonyl (C=O) groups is 4. The number of alkyl carbamates (subject to hydrolysis) is 2. The van der Waals surface area contributed by atoms with Gasteiger partial charge in [-0.25, -0.2) is 28.9 Å². The number of ether oxygens (including phenoxy) is 3. The summed E-state index contributed by atoms with van der Waals surface area (Å²) in [7, 11) is 4.38. The first-order valence-corrected chi connectivity index (χ1v) is 24.5. The highest BCUT2D eigenvalue weighted by Gasteiger charge is 2.40. The molecule has 4 amide bonds. The van der Waals surface area contributed by atoms with Crippen molar-refractivity contribution >= 4 is 100 Å². The molecule has 0 bridgehead atoms. The molecule has 10 rings (SSSR count). The summed E-state index contributed by atoms with van der Waals surface area (Å²) in [6.45, 7) is 8.51. The zero-order valence-electron chi connectivity index (χ0n) is 42.4. The third kappa shape index (κ3) is 11.1. The van der Waals surface area contributed by atoms with Crippen molar-refractivity contribution in [1.82, 2.24) is 59.7 Å². The van der Waals surface area contributed by atoms with Crippen molar-refractivity contribution in [3.05, 3.63) is 89.7 Å². The van der Waals surface area contributed by atoms with E-state index in [0.29, 0.717) is 65.8 Å². The van der Waals surface area contributed by atoms with Crippen molar-refractivity contribution in [3.8, 4) is 50.1 Å². The second-order valence-corrected chi connectivity index (χ2v) is 20.0. The van der Waals surface area contributed by atoms with Crippen molar-refractivity contribution in [3.63, 3.8) is 0 Å². The highest BCUT2D eigenvalue weighted by molar-refractivity contribution is 7.59. The van der Waals surface area contributed by atoms with Crippen LogP contribution in [0.4, 0.5) is 14.0 Å². The maximum absolute atomic E-state index is 17.0. The first kappa shape index (κ1) is 58.1. The predicted octanol–water partition coefficient (Wildman–Crippen LogP) is 8.56. The largest absolute Gasteiger partial charge is 0.464 e. The monoisotopic (exact) mass is 1120 g/mol. The summed E-state index contributed by atoms with van der Waals surface area (Å²) in [6, 6.07) is 9.00. The van der Waals surface area contributed by atoms with Crippen LogP contribution in [0.1, 0.15) is 88.2 Å². The lowest BCUT2D eigenvalue weighted by molar-refractivity contribution is -0.136. The van der Waals surface area contributed by atoms with Crippen LogP contribution in [0.2, 0.25) is 0 Å². The van der Waals surface area contributed by atoms with Gasteiger partial charge in [0.15, 0.2) is 0 Å². The van der Waals surface area contributed by atoms with Crippen LogP contribution in [0.3, 0.4) is 0 Å². The van der Waals surface area contributed by atoms with Gasteiger partial charge in [0, 0.05) is 54.6 Å². The van der Waals surface area contributed by atoms with Crippen LogP contribution < -0.4 is 15.4 Å². The Morgan fingerprint density at radius 2 is 1.32 bits per heavy atom. The molecule has 19 nitrogen and oxygen atoms in total. The molecule has 5 atom stereocenters. The van der Waals surface area contributed by atoms with E-state index in [4.69, 9.17) is 29.2 Å². The molecule has 2 saturated heterocycles. The number of aromatic nitrogens is 8. The number of benzene rings is 2. The minimum atomic E-state index is -0.786. The van der Waals surface area contributed by atoms with Gasteiger partial charge in [0.1, 0.15) is 40.3 Å². The minimum Gasteiger partial charge on any atom is -0.464 e. The van der Waals surface area contributed by atoms with Gasteiger partial charge < -0.3 is 44.6 Å². The van der Waals surface area contributed by atoms with Crippen LogP contribution in [-0.4, -0.2) is 112 Å². The summed E-state index contributed by atoms with van der Waals surface area (Å²) in [5, 5.41) is 11.3. The molecule has 3 aliphatic heterocycles. The average molecular weight is 1120 g/mol. The lowest BCUT2D eigenvalue weighted by atomic mass is 10.0. The van der Waals surface area contributed by atoms with E-state index < -0.39 is 36.3 Å². The molecule has 0 saturated carbocycles. The summed E-state index contributed by atoms with van der Waals surface area (Å²) >= 11 is 1.46. The predicted molar refractivity (Wildman–Crippen MR) is 303 cm³/mol. The molecule has 0 aliphatic carbocycles. The van der Waals surface area contributed by atoms with Crippen LogP contribution in [0, 0.1) is 17.7 Å². The van der Waals surface area contributed by atoms with E-state index in [1.807, 2.05) is 75.8 Å². The Morgan fingerprint density at radius 3 is 1.85 bits per heavy atom. The Balaban J connectivity index is 0.00000229. The summed E-state index contributed by atoms with van der Waals surface area (Å²) in [4.78, 5) is 77.4. The lowest BCUT2D eigenvalue weighted by Crippen LogP contribution is -2.51. The van der Waals surface area contributed by atoms with E-state index in [1.165, 1.54) is 31.6 Å². The number of hydrogen-bond acceptors (Lipinski definition) is 12. The van der Waals surface area contributed by atoms with E-state index in [-0.39, 0.29) is 89.7 Å². The first-order valence-electron chi connectivity index (χ1n) is 23.7. The topological polar surface area (TPSA) is 220 Å². The van der Waals surface area contributed by atoms with Gasteiger partial charge in [0.2, 0.25) is 18.0 Å². The standard InChI is InChI=1S/C50H55FN12O7S.4H2S/c1-25(2)41(58-49(66)68-6)46(64)61-14-8-10-35(61)43-52-21-32(56-43)27-12-13-34-29(16-27)18-37-40-31(51)17-28(19-38(40)70-48(63(34)37)39-23-54-45(71-39)30-20-55-60(5)24-30)33-22-53-44(57-33)36-11-9-15-62(36)47(65)42(26(3)4)59-50(67)69-7;;;;/h12-13,16-26,35-36,41-42,48H,8-11,14-15H2,1-7H3,(H,52,56)(H,53,57)(H,58,66)(H,59,67);4*1H2/t35-,36-,41-,42-,48?;;;;/m0..../s1. The number of nitrogens with one attached hydrogen (secondary N) is 4. The molecule has 1 unspecified atom stereocenters. The third-order valence-corrected chi connectivity index (χ3v) is 14.7. The molecule has 75 heavy (non-hydrogen) atoms. The number of rotatable bonds is 12. The van der Waals surface area contributed by atoms with E-state index in [1.54, 1.807) is 39.3 Å². The van der Waals surface area contributed by atoms with Crippen molar-refractivity contribution in [2.75, 3.05) is 27.3 Å². The first-order chi connectivity index (χ1) is 34.2. The molecule has 0 radical (unpaired) electrons. The van der Waals surface area contributed by atoms with E-state index >= 15 is 4.39 Å². The fraction of sp³-hybridized carbons (Fsp3) is 0.400. The maximum atomic E-state index is 17.0. The molecule has 2 aromatic carbocycles. The van der Waals surface area contributed by atoms with Gasteiger partial charge in [-0.15, -0.1) is 11.3 Å². The number of H-pyrrole nitrogens is 2. The fourth-order valence-electron chi connectivity index (χ4n) is 10.0. The second-order valence-electron chi connectivity index (χ2n) is 18.9. The van der Waals surface area contributed by atoms with Crippen molar-refractivity contribution in [1.29, 1.82) is 0 Å². The molecular formula is C50H63FN12O7S5. The number of methoxy groups -OCH3 is 2. The minimum absolute atomic E-state index is 0. The maximum Gasteiger partial charge on any atom is 0.407 e. The quantitative estimate of drug-likeness (QED) is 0.0908. The zero-order valence-corrected chi connectivity index (χ0v) is 47.2. The highest BCUT2D eigenvalue weighted by Crippen LogP contribution is 2.49. The van der Waals surface area contributed by atoms with E-state index in [2.05, 4.69) is 25.7 Å². The number of imidazole rings is 2. The van der Waals surface area contributed by atoms with E-state index in [9.17, 15) is 19.2 Å². The van der Waals surface area contributed by atoms with Gasteiger partial charge in [-0.2, -0.15) is 59.1 Å². The van der Waals surface area contributed by atoms with Gasteiger partial charge in [-0.1, -0.05) is 33.8 Å². The second kappa shape index (κ2) is 23.8. The Bertz CT molecular complexity index is 3190. The summed E-state index contributed by atoms with van der Waals surface area (Å²) in [5.74, 6) is 0.249. The van der Waals surface area contributed by atoms with Crippen molar-refractivity contribution in [2.45, 2.75) is 83.8 Å². The number of thiazole rings is 1. The molecule has 4 N–H and O–H groups in total. The van der Waals surface area contributed by atoms with Gasteiger partial charge in [0.05, 0.1) is 77.9 Å². The van der Waals surface area contributed by atoms with Crippen molar-refractivity contribution < 1.29 is 37.8 Å². The Labute approximate surface area is 464 Å². The van der Waals surface area contributed by atoms with Gasteiger partial charge in [-0.05, 0) is 67.9 Å². The number of nitrogens with zero attached hydrogens (tertiary/aromatic N) is 8. The molecule has 402 valence electrons. The number of fused-ring (bicyclic) bond motifs is 5. The summed E-state index contributed by atoms with van der Waals surface area (Å²) < 4.78 is 37.2. The van der Waals surface area contributed by atoms with Crippen LogP contribution >= 0.6 is 65.3 Å². The molecule has 3 aliphatic rings. The molecule has 7 aromatic rings. The summed E-state index contributed by atoms with van der Waals surface area (Å²) in [6.07, 6.45) is 9.66. The number of hydrogen-bond donors (Lipinski definition) is 4. The fourth-order valence-corrected chi connectivity index (χ4v) is 11.0. The van der Waals surface area contributed by atoms with E-state index in [0.717, 1.165) is 50.5 Å². The number of halogens is 1. The number of aromatic amines is 2. The van der Waals surface area contributed by atoms with Gasteiger partial charge in [0.25, 0.3) is 0 Å². The van der Waals surface area contributed by atoms with Gasteiger partial charge >= 0.3 is 12.2 Å². The smallest absolute Gasteiger partial charge is 0.407 e. The molecule has 25 heteroatoms. The SMILES string of the molecule is COC(=O)N[C@H](C(=O)N1CCC[C@H]1c1ncc(-c2cc(F)c3c(c2)OC(c2cnc(-c4cnn(C)c4)s2)n2c-3cc3cc(-c4cnc([C@@H]5CCCN5C(=O)[C@@H](NC(=O)OC)C(C)C)[nH]4)ccc32)[nH]1)C(C)C.S.S.S.S. The molecular weight excluding hydrogens is 1060 g/mol. The Kier molecular flexibility index (Phi) is 18.4. The third-order valence-electron chi connectivity index (χ3n) is 13.6. The number of likely N-dealkylation sites (tertiary alicyclic amines) is 2. The molecule has 8 heterocycles. The number of aryl methyl sites for hydroxylation is 1. The zero-order chi connectivity index (χ0) is 49.8. The number of amides is 4. The van der Waals surface area contributed by atoms with Crippen molar-refractivity contribution in [2.24, 2.45) is 18.9 Å². The van der Waals surface area contributed by atoms with Crippen LogP contribution in [-0.2, 0) is 26.1 Å². The van der Waals surface area contributed by atoms with Crippen LogP contribution in [0.15, 0.2) is 67.4 Å². The number of carbonyl (C=O) groups excluding carboxylic acids is 4. The summed E-state index contributed by atoms with van der Waals surface area (Å²) in [5.41, 5.74) is 5.20. The molecule has 5 aromatic heterocycles. The Hall–Kier alpha value is -6.15. The normalized spacial score (nSPS) is 17.4. The highest BCUT2D eigenvalue weighted by atomic mass is 32.1. The molecule has 2 fully saturated rings. The van der Waals surface area contributed by atoms with Crippen LogP contribution in [0.5, 0.6) is 5.75 Å². The average Bonchev–Trinajstić information content (AvgIpc) is 4.22. The van der Waals surface area contributed by atoms with Gasteiger partial charge in [-0.3, -0.25) is 18.8 Å². The van der Waals surface area contributed by atoms with Crippen LogP contribution in [0.25, 0.3) is 55.2 Å².